The fraction of sp³-hybridized carbons (Fsp3) is 0.647. The van der Waals surface area contributed by atoms with Crippen LogP contribution in [0.3, 0.4) is 0 Å². The van der Waals surface area contributed by atoms with Crippen molar-refractivity contribution in [2.75, 3.05) is 0 Å². The molecule has 0 amide bonds. The van der Waals surface area contributed by atoms with Gasteiger partial charge in [0, 0.05) is 17.0 Å². The number of non-ortho nitro benzene ring substituents is 1. The van der Waals surface area contributed by atoms with Crippen molar-refractivity contribution in [3.05, 3.63) is 39.9 Å². The zero-order valence-corrected chi connectivity index (χ0v) is 14.4. The quantitative estimate of drug-likeness (QED) is 0.384. The average Bonchev–Trinajstić information content (AvgIpc) is 2.88. The van der Waals surface area contributed by atoms with Crippen molar-refractivity contribution in [2.45, 2.75) is 57.2 Å². The maximum absolute atomic E-state index is 10.7. The molecule has 0 spiro atoms. The zero-order valence-electron chi connectivity index (χ0n) is 12.8. The molecule has 1 aliphatic carbocycles. The van der Waals surface area contributed by atoms with E-state index in [0.29, 0.717) is 16.2 Å². The highest BCUT2D eigenvalue weighted by Gasteiger charge is 2.40. The number of hydrogen-bond donors (Lipinski definition) is 0. The van der Waals surface area contributed by atoms with Crippen LogP contribution in [0, 0.1) is 21.4 Å². The highest BCUT2D eigenvalue weighted by molar-refractivity contribution is 9.09. The molecule has 1 aromatic carbocycles. The predicted molar refractivity (Wildman–Crippen MR) is 89.9 cm³/mol. The Morgan fingerprint density at radius 1 is 1.24 bits per heavy atom. The van der Waals surface area contributed by atoms with E-state index in [1.54, 1.807) is 12.1 Å². The van der Waals surface area contributed by atoms with Gasteiger partial charge in [-0.05, 0) is 42.6 Å². The van der Waals surface area contributed by atoms with E-state index in [4.69, 9.17) is 0 Å². The number of nitro groups is 1. The Labute approximate surface area is 135 Å². The Balaban J connectivity index is 2.08. The highest BCUT2D eigenvalue weighted by atomic mass is 79.9. The lowest BCUT2D eigenvalue weighted by Gasteiger charge is -2.36. The first kappa shape index (κ1) is 16.5. The van der Waals surface area contributed by atoms with Gasteiger partial charge in [0.1, 0.15) is 0 Å². The van der Waals surface area contributed by atoms with E-state index in [9.17, 15) is 10.1 Å². The van der Waals surface area contributed by atoms with Crippen LogP contribution in [-0.2, 0) is 6.42 Å². The minimum absolute atomic E-state index is 0.169. The second-order valence-electron chi connectivity index (χ2n) is 6.76. The highest BCUT2D eigenvalue weighted by Crippen LogP contribution is 2.49. The van der Waals surface area contributed by atoms with Gasteiger partial charge in [-0.2, -0.15) is 0 Å². The molecule has 1 aliphatic rings. The maximum Gasteiger partial charge on any atom is 0.269 e. The first-order chi connectivity index (χ1) is 9.93. The van der Waals surface area contributed by atoms with Crippen LogP contribution in [0.2, 0.25) is 0 Å². The molecule has 0 saturated heterocycles. The van der Waals surface area contributed by atoms with Gasteiger partial charge < -0.3 is 0 Å². The van der Waals surface area contributed by atoms with E-state index in [2.05, 4.69) is 29.8 Å². The van der Waals surface area contributed by atoms with Crippen molar-refractivity contribution in [2.24, 2.45) is 11.3 Å². The molecular weight excluding hydrogens is 330 g/mol. The Morgan fingerprint density at radius 3 is 2.29 bits per heavy atom. The first-order valence-electron chi connectivity index (χ1n) is 7.80. The van der Waals surface area contributed by atoms with E-state index >= 15 is 0 Å². The molecule has 1 unspecified atom stereocenters. The summed E-state index contributed by atoms with van der Waals surface area (Å²) in [7, 11) is 0. The van der Waals surface area contributed by atoms with E-state index in [-0.39, 0.29) is 10.6 Å². The summed E-state index contributed by atoms with van der Waals surface area (Å²) in [5.74, 6) is 0.708. The van der Waals surface area contributed by atoms with Crippen LogP contribution in [0.4, 0.5) is 5.69 Å². The van der Waals surface area contributed by atoms with Gasteiger partial charge in [0.25, 0.3) is 5.69 Å². The van der Waals surface area contributed by atoms with E-state index < -0.39 is 0 Å². The van der Waals surface area contributed by atoms with Gasteiger partial charge in [-0.3, -0.25) is 10.1 Å². The van der Waals surface area contributed by atoms with E-state index in [1.807, 2.05) is 12.1 Å². The fourth-order valence-corrected chi connectivity index (χ4v) is 4.73. The molecule has 2 rings (SSSR count). The third-order valence-electron chi connectivity index (χ3n) is 4.64. The second kappa shape index (κ2) is 6.91. The van der Waals surface area contributed by atoms with Gasteiger partial charge in [-0.1, -0.05) is 54.8 Å². The smallest absolute Gasteiger partial charge is 0.258 e. The summed E-state index contributed by atoms with van der Waals surface area (Å²) in [4.78, 5) is 10.8. The SMILES string of the molecule is CC(C)CC1(C(Br)Cc2ccc([N+](=O)[O-])cc2)CCCC1. The Bertz CT molecular complexity index is 478. The van der Waals surface area contributed by atoms with Crippen LogP contribution in [0.5, 0.6) is 0 Å². The third-order valence-corrected chi connectivity index (χ3v) is 5.94. The van der Waals surface area contributed by atoms with E-state index in [1.165, 1.54) is 37.7 Å². The van der Waals surface area contributed by atoms with Gasteiger partial charge in [-0.15, -0.1) is 0 Å². The summed E-state index contributed by atoms with van der Waals surface area (Å²) in [6.07, 6.45) is 7.47. The molecule has 1 atom stereocenters. The van der Waals surface area contributed by atoms with Crippen molar-refractivity contribution in [1.82, 2.24) is 0 Å². The lowest BCUT2D eigenvalue weighted by atomic mass is 9.74. The molecule has 0 aliphatic heterocycles. The molecule has 1 aromatic rings. The molecule has 0 radical (unpaired) electrons. The largest absolute Gasteiger partial charge is 0.269 e. The molecule has 0 aromatic heterocycles. The minimum atomic E-state index is -0.341. The average molecular weight is 354 g/mol. The molecule has 21 heavy (non-hydrogen) atoms. The lowest BCUT2D eigenvalue weighted by molar-refractivity contribution is -0.384. The van der Waals surface area contributed by atoms with Crippen molar-refractivity contribution in [3.63, 3.8) is 0 Å². The molecule has 1 fully saturated rings. The molecule has 1 saturated carbocycles. The van der Waals surface area contributed by atoms with E-state index in [0.717, 1.165) is 6.42 Å². The molecule has 0 bridgehead atoms. The topological polar surface area (TPSA) is 43.1 Å². The third kappa shape index (κ3) is 4.06. The van der Waals surface area contributed by atoms with Crippen molar-refractivity contribution < 1.29 is 4.92 Å². The lowest BCUT2D eigenvalue weighted by Crippen LogP contribution is -2.31. The Kier molecular flexibility index (Phi) is 5.42. The summed E-state index contributed by atoms with van der Waals surface area (Å²) in [6.45, 7) is 4.59. The summed E-state index contributed by atoms with van der Waals surface area (Å²) >= 11 is 3.94. The van der Waals surface area contributed by atoms with Gasteiger partial charge >= 0.3 is 0 Å². The number of benzene rings is 1. The number of alkyl halides is 1. The number of rotatable bonds is 6. The monoisotopic (exact) mass is 353 g/mol. The summed E-state index contributed by atoms with van der Waals surface area (Å²) in [5, 5.41) is 10.7. The summed E-state index contributed by atoms with van der Waals surface area (Å²) in [5.41, 5.74) is 1.75. The molecule has 116 valence electrons. The minimum Gasteiger partial charge on any atom is -0.258 e. The van der Waals surface area contributed by atoms with Crippen molar-refractivity contribution in [1.29, 1.82) is 0 Å². The van der Waals surface area contributed by atoms with Crippen LogP contribution < -0.4 is 0 Å². The summed E-state index contributed by atoms with van der Waals surface area (Å²) < 4.78 is 0. The van der Waals surface area contributed by atoms with Crippen molar-refractivity contribution >= 4 is 21.6 Å². The van der Waals surface area contributed by atoms with Gasteiger partial charge in [0.05, 0.1) is 4.92 Å². The van der Waals surface area contributed by atoms with Crippen molar-refractivity contribution in [3.8, 4) is 0 Å². The number of nitrogens with zero attached hydrogens (tertiary/aromatic N) is 1. The second-order valence-corrected chi connectivity index (χ2v) is 7.87. The summed E-state index contributed by atoms with van der Waals surface area (Å²) in [6, 6.07) is 7.01. The predicted octanol–water partition coefficient (Wildman–Crippen LogP) is 5.51. The molecular formula is C17H24BrNO2. The standard InChI is InChI=1S/C17H24BrNO2/c1-13(2)12-17(9-3-4-10-17)16(18)11-14-5-7-15(8-6-14)19(20)21/h5-8,13,16H,3-4,9-12H2,1-2H3. The van der Waals surface area contributed by atoms with Crippen LogP contribution >= 0.6 is 15.9 Å². The van der Waals surface area contributed by atoms with Gasteiger partial charge in [0.2, 0.25) is 0 Å². The number of halogens is 1. The van der Waals surface area contributed by atoms with Crippen LogP contribution in [-0.4, -0.2) is 9.75 Å². The molecule has 4 heteroatoms. The molecule has 0 heterocycles. The van der Waals surface area contributed by atoms with Crippen LogP contribution in [0.15, 0.2) is 24.3 Å². The van der Waals surface area contributed by atoms with Crippen LogP contribution in [0.25, 0.3) is 0 Å². The molecule has 0 N–H and O–H groups in total. The number of nitro benzene ring substituents is 1. The zero-order chi connectivity index (χ0) is 15.5. The van der Waals surface area contributed by atoms with Gasteiger partial charge in [0.15, 0.2) is 0 Å². The Hall–Kier alpha value is -0.900. The Morgan fingerprint density at radius 2 is 1.81 bits per heavy atom. The normalized spacial score (nSPS) is 18.9. The first-order valence-corrected chi connectivity index (χ1v) is 8.72. The maximum atomic E-state index is 10.7. The fourth-order valence-electron chi connectivity index (χ4n) is 3.71. The van der Waals surface area contributed by atoms with Crippen LogP contribution in [0.1, 0.15) is 51.5 Å². The number of hydrogen-bond acceptors (Lipinski definition) is 2. The van der Waals surface area contributed by atoms with Gasteiger partial charge in [-0.25, -0.2) is 0 Å². The molecule has 3 nitrogen and oxygen atoms in total.